The first-order chi connectivity index (χ1) is 13.2. The van der Waals surface area contributed by atoms with Gasteiger partial charge in [0.15, 0.2) is 0 Å². The van der Waals surface area contributed by atoms with Crippen molar-refractivity contribution in [2.75, 3.05) is 20.4 Å². The molecule has 0 aliphatic rings. The number of halogens is 13. The van der Waals surface area contributed by atoms with Gasteiger partial charge in [-0.3, -0.25) is 0 Å². The highest BCUT2D eigenvalue weighted by atomic mass is 19.4. The lowest BCUT2D eigenvalue weighted by molar-refractivity contribution is -0.442. The van der Waals surface area contributed by atoms with Crippen molar-refractivity contribution in [2.45, 2.75) is 68.2 Å². The van der Waals surface area contributed by atoms with Crippen LogP contribution in [0.2, 0.25) is 0 Å². The van der Waals surface area contributed by atoms with Crippen molar-refractivity contribution in [1.82, 2.24) is 5.32 Å². The van der Waals surface area contributed by atoms with Crippen molar-refractivity contribution in [3.05, 3.63) is 0 Å². The minimum Gasteiger partial charge on any atom is -0.359 e. The Labute approximate surface area is 161 Å². The van der Waals surface area contributed by atoms with Crippen molar-refractivity contribution < 1.29 is 66.5 Å². The van der Waals surface area contributed by atoms with Gasteiger partial charge < -0.3 is 14.8 Å². The van der Waals surface area contributed by atoms with Gasteiger partial charge in [0.1, 0.15) is 12.8 Å². The molecule has 0 aliphatic carbocycles. The van der Waals surface area contributed by atoms with Gasteiger partial charge in [0.2, 0.25) is 0 Å². The number of hydrogen-bond acceptors (Lipinski definition) is 3. The fraction of sp³-hybridized carbons (Fsp3) is 1.00. The van der Waals surface area contributed by atoms with E-state index in [-0.39, 0.29) is 6.42 Å². The first kappa shape index (κ1) is 29.0. The van der Waals surface area contributed by atoms with E-state index < -0.39 is 61.3 Å². The fourth-order valence-electron chi connectivity index (χ4n) is 2.14. The van der Waals surface area contributed by atoms with E-state index in [1.165, 1.54) is 6.92 Å². The standard InChI is InChI=1S/C14H18F13NO2/c1-4-5-28-8(7(2)30-6-29-3)9(15,16)10(17,18)11(19,20)12(21,22)13(23,24)14(25,26)27/h7-8,28H,4-6H2,1-3H3/t7-,8+/m0/s1. The zero-order valence-corrected chi connectivity index (χ0v) is 15.5. The molecular formula is C14H18F13NO2. The summed E-state index contributed by atoms with van der Waals surface area (Å²) in [5, 5.41) is 1.62. The van der Waals surface area contributed by atoms with Crippen LogP contribution in [0.5, 0.6) is 0 Å². The van der Waals surface area contributed by atoms with Crippen LogP contribution < -0.4 is 5.32 Å². The summed E-state index contributed by atoms with van der Waals surface area (Å²) in [5.74, 6) is -37.2. The first-order valence-corrected chi connectivity index (χ1v) is 7.98. The quantitative estimate of drug-likeness (QED) is 0.312. The predicted molar refractivity (Wildman–Crippen MR) is 75.3 cm³/mol. The van der Waals surface area contributed by atoms with Gasteiger partial charge in [-0.2, -0.15) is 57.1 Å². The van der Waals surface area contributed by atoms with E-state index in [2.05, 4.69) is 9.47 Å². The monoisotopic (exact) mass is 479 g/mol. The molecule has 0 aliphatic heterocycles. The van der Waals surface area contributed by atoms with Crippen molar-refractivity contribution in [3.63, 3.8) is 0 Å². The maximum absolute atomic E-state index is 14.3. The molecule has 0 bridgehead atoms. The number of rotatable bonds is 12. The van der Waals surface area contributed by atoms with Crippen LogP contribution in [0.4, 0.5) is 57.1 Å². The smallest absolute Gasteiger partial charge is 0.359 e. The van der Waals surface area contributed by atoms with Gasteiger partial charge in [-0.1, -0.05) is 6.92 Å². The van der Waals surface area contributed by atoms with Crippen LogP contribution in [0.3, 0.4) is 0 Å². The molecule has 0 aromatic carbocycles. The Morgan fingerprint density at radius 2 is 1.17 bits per heavy atom. The normalized spacial score (nSPS) is 17.2. The molecule has 0 heterocycles. The lowest BCUT2D eigenvalue weighted by Crippen LogP contribution is -2.73. The number of alkyl halides is 13. The Kier molecular flexibility index (Phi) is 8.91. The molecule has 0 amide bonds. The van der Waals surface area contributed by atoms with Crippen LogP contribution in [0.25, 0.3) is 0 Å². The van der Waals surface area contributed by atoms with Crippen LogP contribution in [-0.2, 0) is 9.47 Å². The Morgan fingerprint density at radius 1 is 0.733 bits per heavy atom. The van der Waals surface area contributed by atoms with Crippen molar-refractivity contribution >= 4 is 0 Å². The molecule has 2 atom stereocenters. The summed E-state index contributed by atoms with van der Waals surface area (Å²) in [6.07, 6.45) is -9.68. The van der Waals surface area contributed by atoms with Crippen LogP contribution in [0.15, 0.2) is 0 Å². The molecule has 0 aromatic rings. The van der Waals surface area contributed by atoms with E-state index in [4.69, 9.17) is 0 Å². The fourth-order valence-corrected chi connectivity index (χ4v) is 2.14. The number of hydrogen-bond donors (Lipinski definition) is 1. The lowest BCUT2D eigenvalue weighted by Gasteiger charge is -2.43. The maximum Gasteiger partial charge on any atom is 0.460 e. The van der Waals surface area contributed by atoms with Gasteiger partial charge in [0.25, 0.3) is 0 Å². The Morgan fingerprint density at radius 3 is 1.53 bits per heavy atom. The summed E-state index contributed by atoms with van der Waals surface area (Å²) in [7, 11) is 0.946. The molecule has 16 heteroatoms. The van der Waals surface area contributed by atoms with Crippen molar-refractivity contribution in [1.29, 1.82) is 0 Å². The van der Waals surface area contributed by atoms with Gasteiger partial charge in [0.05, 0.1) is 6.10 Å². The van der Waals surface area contributed by atoms with E-state index in [1.54, 1.807) is 5.32 Å². The van der Waals surface area contributed by atoms with Crippen molar-refractivity contribution in [3.8, 4) is 0 Å². The number of nitrogens with one attached hydrogen (secondary N) is 1. The SMILES string of the molecule is CCCN[C@H]([C@H](C)OCOC)C(F)(F)C(F)(F)C(F)(F)C(F)(F)C(F)(F)C(F)(F)F. The van der Waals surface area contributed by atoms with Crippen LogP contribution in [-0.4, -0.2) is 68.4 Å². The summed E-state index contributed by atoms with van der Waals surface area (Å²) < 4.78 is 181. The molecular weight excluding hydrogens is 461 g/mol. The summed E-state index contributed by atoms with van der Waals surface area (Å²) in [4.78, 5) is 0. The predicted octanol–water partition coefficient (Wildman–Crippen LogP) is 5.10. The topological polar surface area (TPSA) is 30.5 Å². The van der Waals surface area contributed by atoms with E-state index in [0.29, 0.717) is 6.92 Å². The van der Waals surface area contributed by atoms with Gasteiger partial charge in [-0.05, 0) is 19.9 Å². The average molecular weight is 479 g/mol. The first-order valence-electron chi connectivity index (χ1n) is 7.98. The minimum absolute atomic E-state index is 0.0755. The van der Waals surface area contributed by atoms with E-state index in [0.717, 1.165) is 7.11 Å². The second kappa shape index (κ2) is 9.22. The second-order valence-electron chi connectivity index (χ2n) is 6.13. The molecule has 0 aromatic heterocycles. The molecule has 0 radical (unpaired) electrons. The lowest BCUT2D eigenvalue weighted by atomic mass is 9.89. The number of ether oxygens (including phenoxy) is 2. The number of methoxy groups -OCH3 is 1. The van der Waals surface area contributed by atoms with E-state index in [1.807, 2.05) is 0 Å². The summed E-state index contributed by atoms with van der Waals surface area (Å²) in [6, 6.07) is -3.20. The van der Waals surface area contributed by atoms with E-state index >= 15 is 0 Å². The van der Waals surface area contributed by atoms with Crippen molar-refractivity contribution in [2.24, 2.45) is 0 Å². The largest absolute Gasteiger partial charge is 0.460 e. The minimum atomic E-state index is -7.93. The average Bonchev–Trinajstić information content (AvgIpc) is 2.58. The third-order valence-electron chi connectivity index (χ3n) is 3.88. The molecule has 0 saturated carbocycles. The van der Waals surface area contributed by atoms with E-state index in [9.17, 15) is 57.1 Å². The highest BCUT2D eigenvalue weighted by Gasteiger charge is 2.91. The molecule has 1 N–H and O–H groups in total. The third kappa shape index (κ3) is 4.74. The summed E-state index contributed by atoms with van der Waals surface area (Å²) in [5.41, 5.74) is 0. The molecule has 0 fully saturated rings. The zero-order chi connectivity index (χ0) is 24.4. The molecule has 0 saturated heterocycles. The molecule has 182 valence electrons. The van der Waals surface area contributed by atoms with Crippen LogP contribution in [0.1, 0.15) is 20.3 Å². The Hall–Kier alpha value is -1.03. The third-order valence-corrected chi connectivity index (χ3v) is 3.88. The van der Waals surface area contributed by atoms with Crippen LogP contribution >= 0.6 is 0 Å². The van der Waals surface area contributed by atoms with Gasteiger partial charge in [-0.25, -0.2) is 0 Å². The Balaban J connectivity index is 6.40. The molecule has 0 unspecified atom stereocenters. The van der Waals surface area contributed by atoms with Gasteiger partial charge in [-0.15, -0.1) is 0 Å². The van der Waals surface area contributed by atoms with Gasteiger partial charge >= 0.3 is 35.8 Å². The zero-order valence-electron chi connectivity index (χ0n) is 15.5. The van der Waals surface area contributed by atoms with Gasteiger partial charge in [0, 0.05) is 7.11 Å². The molecule has 3 nitrogen and oxygen atoms in total. The van der Waals surface area contributed by atoms with Crippen LogP contribution in [0, 0.1) is 0 Å². The maximum atomic E-state index is 14.3. The Bertz CT molecular complexity index is 550. The second-order valence-corrected chi connectivity index (χ2v) is 6.13. The summed E-state index contributed by atoms with van der Waals surface area (Å²) >= 11 is 0. The summed E-state index contributed by atoms with van der Waals surface area (Å²) in [6.45, 7) is 0.466. The highest BCUT2D eigenvalue weighted by molar-refractivity contribution is 5.13. The highest BCUT2D eigenvalue weighted by Crippen LogP contribution is 2.60. The molecule has 0 rings (SSSR count). The molecule has 0 spiro atoms. The molecule has 30 heavy (non-hydrogen) atoms.